The molecule has 434 valence electrons. The SMILES string of the molecule is CCCCCCCCC/C=C\CCCCCCCCCC(=O)OCCCCCCCCCCCCCCCCCCCCCCCCC(=O)NC(CO)C(O)CCCCCCCCCCCCCCCCCC. The predicted octanol–water partition coefficient (Wildman–Crippen LogP) is 21.2. The zero-order chi connectivity index (χ0) is 52.9. The molecule has 0 fully saturated rings. The van der Waals surface area contributed by atoms with E-state index in [0.717, 1.165) is 44.9 Å². The highest BCUT2D eigenvalue weighted by Gasteiger charge is 2.20. The van der Waals surface area contributed by atoms with Gasteiger partial charge in [-0.25, -0.2) is 0 Å². The second kappa shape index (κ2) is 63.1. The van der Waals surface area contributed by atoms with Crippen molar-refractivity contribution in [3.63, 3.8) is 0 Å². The summed E-state index contributed by atoms with van der Waals surface area (Å²) in [7, 11) is 0. The Kier molecular flexibility index (Phi) is 61.9. The molecule has 0 aliphatic heterocycles. The van der Waals surface area contributed by atoms with Gasteiger partial charge in [0.25, 0.3) is 0 Å². The van der Waals surface area contributed by atoms with Crippen molar-refractivity contribution in [2.24, 2.45) is 0 Å². The van der Waals surface area contributed by atoms with E-state index in [1.54, 1.807) is 0 Å². The first-order chi connectivity index (χ1) is 36.0. The van der Waals surface area contributed by atoms with Crippen LogP contribution in [0.15, 0.2) is 12.2 Å². The molecule has 0 heterocycles. The zero-order valence-corrected chi connectivity index (χ0v) is 49.6. The normalized spacial score (nSPS) is 12.5. The van der Waals surface area contributed by atoms with E-state index in [9.17, 15) is 19.8 Å². The number of nitrogens with one attached hydrogen (secondary N) is 1. The van der Waals surface area contributed by atoms with E-state index >= 15 is 0 Å². The highest BCUT2D eigenvalue weighted by molar-refractivity contribution is 5.76. The summed E-state index contributed by atoms with van der Waals surface area (Å²) in [6, 6.07) is -0.541. The summed E-state index contributed by atoms with van der Waals surface area (Å²) >= 11 is 0. The number of aliphatic hydroxyl groups is 2. The maximum Gasteiger partial charge on any atom is 0.305 e. The van der Waals surface area contributed by atoms with Crippen LogP contribution in [0, 0.1) is 0 Å². The number of unbranched alkanes of at least 4 members (excludes halogenated alkanes) is 50. The van der Waals surface area contributed by atoms with E-state index in [-0.39, 0.29) is 18.5 Å². The highest BCUT2D eigenvalue weighted by atomic mass is 16.5. The average Bonchev–Trinajstić information content (AvgIpc) is 3.39. The van der Waals surface area contributed by atoms with E-state index < -0.39 is 12.1 Å². The number of esters is 1. The Bertz CT molecular complexity index is 1100. The molecule has 0 spiro atoms. The third-order valence-electron chi connectivity index (χ3n) is 15.8. The van der Waals surface area contributed by atoms with E-state index in [0.29, 0.717) is 25.9 Å². The van der Waals surface area contributed by atoms with Crippen LogP contribution in [0.25, 0.3) is 0 Å². The minimum atomic E-state index is -0.664. The zero-order valence-electron chi connectivity index (χ0n) is 49.6. The number of ether oxygens (including phenoxy) is 1. The molecule has 0 saturated heterocycles. The fourth-order valence-electron chi connectivity index (χ4n) is 10.7. The first-order valence-corrected chi connectivity index (χ1v) is 33.4. The van der Waals surface area contributed by atoms with Crippen LogP contribution >= 0.6 is 0 Å². The van der Waals surface area contributed by atoms with Crippen molar-refractivity contribution in [2.75, 3.05) is 13.2 Å². The lowest BCUT2D eigenvalue weighted by molar-refractivity contribution is -0.143. The van der Waals surface area contributed by atoms with Crippen LogP contribution in [0.5, 0.6) is 0 Å². The van der Waals surface area contributed by atoms with Gasteiger partial charge in [-0.2, -0.15) is 0 Å². The molecule has 6 nitrogen and oxygen atoms in total. The second-order valence-corrected chi connectivity index (χ2v) is 23.2. The number of hydrogen-bond donors (Lipinski definition) is 3. The standard InChI is InChI=1S/C67H131NO5/c1-3-5-7-9-11-13-15-17-19-21-29-33-37-41-45-49-53-57-61-67(72)73-62-58-54-50-46-42-38-34-30-27-25-23-22-24-26-28-32-36-40-44-48-52-56-60-66(71)68-64(63-69)65(70)59-55-51-47-43-39-35-31-20-18-16-14-12-10-8-6-4-2/h19,21,64-65,69-70H,3-18,20,22-63H2,1-2H3,(H,68,71)/b21-19-. The lowest BCUT2D eigenvalue weighted by atomic mass is 10.0. The molecule has 0 radical (unpaired) electrons. The Labute approximate surface area is 457 Å². The van der Waals surface area contributed by atoms with Crippen molar-refractivity contribution in [3.8, 4) is 0 Å². The van der Waals surface area contributed by atoms with Crippen molar-refractivity contribution >= 4 is 11.9 Å². The maximum absolute atomic E-state index is 12.5. The quantitative estimate of drug-likeness (QED) is 0.0320. The van der Waals surface area contributed by atoms with Crippen molar-refractivity contribution < 1.29 is 24.5 Å². The van der Waals surface area contributed by atoms with Crippen LogP contribution < -0.4 is 5.32 Å². The van der Waals surface area contributed by atoms with Crippen LogP contribution in [-0.2, 0) is 14.3 Å². The van der Waals surface area contributed by atoms with Crippen molar-refractivity contribution in [1.29, 1.82) is 0 Å². The fourth-order valence-corrected chi connectivity index (χ4v) is 10.7. The van der Waals surface area contributed by atoms with Gasteiger partial charge in [-0.05, 0) is 51.4 Å². The molecular formula is C67H131NO5. The topological polar surface area (TPSA) is 95.9 Å². The molecule has 0 aromatic heterocycles. The molecule has 3 N–H and O–H groups in total. The summed E-state index contributed by atoms with van der Waals surface area (Å²) < 4.78 is 5.50. The lowest BCUT2D eigenvalue weighted by Crippen LogP contribution is -2.45. The molecule has 73 heavy (non-hydrogen) atoms. The summed E-state index contributed by atoms with van der Waals surface area (Å²) in [4.78, 5) is 24.6. The number of carbonyl (C=O) groups is 2. The summed E-state index contributed by atoms with van der Waals surface area (Å²) in [5.74, 6) is -0.0205. The molecule has 2 atom stereocenters. The molecule has 2 unspecified atom stereocenters. The predicted molar refractivity (Wildman–Crippen MR) is 320 cm³/mol. The third-order valence-corrected chi connectivity index (χ3v) is 15.8. The number of amides is 1. The van der Waals surface area contributed by atoms with E-state index in [2.05, 4.69) is 31.3 Å². The summed E-state index contributed by atoms with van der Waals surface area (Å²) in [6.45, 7) is 4.98. The molecule has 0 aromatic carbocycles. The van der Waals surface area contributed by atoms with Gasteiger partial charge in [0, 0.05) is 12.8 Å². The minimum absolute atomic E-state index is 0.0114. The molecule has 0 aliphatic rings. The molecule has 6 heteroatoms. The number of carbonyl (C=O) groups excluding carboxylic acids is 2. The van der Waals surface area contributed by atoms with E-state index in [1.807, 2.05) is 0 Å². The average molecular weight is 1030 g/mol. The lowest BCUT2D eigenvalue weighted by Gasteiger charge is -2.22. The molecule has 0 saturated carbocycles. The molecule has 0 aliphatic carbocycles. The van der Waals surface area contributed by atoms with Crippen molar-refractivity contribution in [1.82, 2.24) is 5.32 Å². The Morgan fingerprint density at radius 2 is 0.644 bits per heavy atom. The largest absolute Gasteiger partial charge is 0.466 e. The molecule has 0 rings (SSSR count). The molecule has 0 bridgehead atoms. The van der Waals surface area contributed by atoms with Gasteiger partial charge in [-0.3, -0.25) is 9.59 Å². The Morgan fingerprint density at radius 3 is 0.973 bits per heavy atom. The van der Waals surface area contributed by atoms with Crippen LogP contribution in [0.1, 0.15) is 380 Å². The van der Waals surface area contributed by atoms with Crippen LogP contribution in [0.2, 0.25) is 0 Å². The molecule has 1 amide bonds. The van der Waals surface area contributed by atoms with Crippen molar-refractivity contribution in [2.45, 2.75) is 392 Å². The van der Waals surface area contributed by atoms with Gasteiger partial charge in [0.1, 0.15) is 0 Å². The Morgan fingerprint density at radius 1 is 0.370 bits per heavy atom. The van der Waals surface area contributed by atoms with Gasteiger partial charge in [0.2, 0.25) is 5.91 Å². The van der Waals surface area contributed by atoms with Gasteiger partial charge in [0.05, 0.1) is 25.4 Å². The van der Waals surface area contributed by atoms with Crippen LogP contribution in [0.3, 0.4) is 0 Å². The van der Waals surface area contributed by atoms with Gasteiger partial charge < -0.3 is 20.3 Å². The van der Waals surface area contributed by atoms with Gasteiger partial charge >= 0.3 is 5.97 Å². The van der Waals surface area contributed by atoms with Gasteiger partial charge in [-0.15, -0.1) is 0 Å². The first kappa shape index (κ1) is 71.6. The van der Waals surface area contributed by atoms with Crippen LogP contribution in [-0.4, -0.2) is 47.4 Å². The minimum Gasteiger partial charge on any atom is -0.466 e. The Balaban J connectivity index is 3.36. The monoisotopic (exact) mass is 1030 g/mol. The Hall–Kier alpha value is -1.40. The van der Waals surface area contributed by atoms with Gasteiger partial charge in [-0.1, -0.05) is 328 Å². The molecule has 0 aromatic rings. The van der Waals surface area contributed by atoms with E-state index in [4.69, 9.17) is 4.74 Å². The van der Waals surface area contributed by atoms with Crippen molar-refractivity contribution in [3.05, 3.63) is 12.2 Å². The number of allylic oxidation sites excluding steroid dienone is 2. The summed E-state index contributed by atoms with van der Waals surface area (Å²) in [5, 5.41) is 23.3. The smallest absolute Gasteiger partial charge is 0.305 e. The third kappa shape index (κ3) is 59.7. The second-order valence-electron chi connectivity index (χ2n) is 23.2. The first-order valence-electron chi connectivity index (χ1n) is 33.4. The fraction of sp³-hybridized carbons (Fsp3) is 0.940. The summed E-state index contributed by atoms with van der Waals surface area (Å²) in [5.41, 5.74) is 0. The number of aliphatic hydroxyl groups excluding tert-OH is 2. The molecular weight excluding hydrogens is 899 g/mol. The summed E-state index contributed by atoms with van der Waals surface area (Å²) in [6.07, 6.45) is 76.6. The van der Waals surface area contributed by atoms with Crippen LogP contribution in [0.4, 0.5) is 0 Å². The van der Waals surface area contributed by atoms with Gasteiger partial charge in [0.15, 0.2) is 0 Å². The van der Waals surface area contributed by atoms with E-state index in [1.165, 1.54) is 302 Å². The number of rotatable bonds is 63. The number of hydrogen-bond acceptors (Lipinski definition) is 5. The maximum atomic E-state index is 12.5. The highest BCUT2D eigenvalue weighted by Crippen LogP contribution is 2.19.